The summed E-state index contributed by atoms with van der Waals surface area (Å²) in [6.45, 7) is 2.25. The number of unbranched alkanes of at least 4 members (excludes halogenated alkanes) is 3. The highest BCUT2D eigenvalue weighted by atomic mass is 127. The molecule has 0 saturated heterocycles. The van der Waals surface area contributed by atoms with E-state index in [1.807, 2.05) is 0 Å². The van der Waals surface area contributed by atoms with E-state index in [0.29, 0.717) is 0 Å². The molecule has 0 rings (SSSR count). The molecule has 0 aliphatic heterocycles. The highest BCUT2D eigenvalue weighted by molar-refractivity contribution is 14.1. The molecule has 0 nitrogen and oxygen atoms in total. The quantitative estimate of drug-likeness (QED) is 0.395. The van der Waals surface area contributed by atoms with Gasteiger partial charge in [0.25, 0.3) is 0 Å². The van der Waals surface area contributed by atoms with Crippen LogP contribution >= 0.6 is 61.1 Å². The molecule has 0 aliphatic rings. The molecule has 0 aliphatic carbocycles. The van der Waals surface area contributed by atoms with Crippen LogP contribution in [0.1, 0.15) is 39.0 Å². The van der Waals surface area contributed by atoms with Crippen LogP contribution in [-0.2, 0) is 0 Å². The number of rotatable bonds is 5. The fourth-order valence-corrected chi connectivity index (χ4v) is 1.65. The van der Waals surface area contributed by atoms with Gasteiger partial charge in [0.2, 0.25) is 0 Å². The molecular weight excluding hydrogens is 430 g/mol. The second-order valence-electron chi connectivity index (χ2n) is 2.48. The lowest BCUT2D eigenvalue weighted by Gasteiger charge is -1.99. The second kappa shape index (κ2) is 8.29. The molecule has 0 amide bonds. The normalized spacial score (nSPS) is 13.1. The molecule has 0 bridgehead atoms. The van der Waals surface area contributed by atoms with Crippen LogP contribution in [0.2, 0.25) is 0 Å². The van der Waals surface area contributed by atoms with Gasteiger partial charge in [0.1, 0.15) is 0 Å². The molecule has 0 spiro atoms. The summed E-state index contributed by atoms with van der Waals surface area (Å²) in [6.07, 6.45) is 6.66. The zero-order chi connectivity index (χ0) is 8.69. The Morgan fingerprint density at radius 1 is 1.18 bits per heavy atom. The summed E-state index contributed by atoms with van der Waals surface area (Å²) in [7, 11) is 0. The van der Waals surface area contributed by atoms with E-state index in [4.69, 9.17) is 0 Å². The summed E-state index contributed by atoms with van der Waals surface area (Å²) in [5.74, 6) is 0. The molecule has 0 aromatic heterocycles. The molecular formula is C8H13BrI2. The topological polar surface area (TPSA) is 0 Å². The highest BCUT2D eigenvalue weighted by Gasteiger charge is 1.96. The van der Waals surface area contributed by atoms with Gasteiger partial charge in [-0.25, -0.2) is 0 Å². The third-order valence-electron chi connectivity index (χ3n) is 1.45. The summed E-state index contributed by atoms with van der Waals surface area (Å²) in [5.41, 5.74) is 0. The highest BCUT2D eigenvalue weighted by Crippen LogP contribution is 2.28. The Morgan fingerprint density at radius 2 is 1.82 bits per heavy atom. The first-order chi connectivity index (χ1) is 5.18. The molecule has 11 heavy (non-hydrogen) atoms. The summed E-state index contributed by atoms with van der Waals surface area (Å²) >= 11 is 8.19. The van der Waals surface area contributed by atoms with Crippen molar-refractivity contribution < 1.29 is 0 Å². The molecule has 0 aromatic rings. The largest absolute Gasteiger partial charge is 0.0654 e. The third kappa shape index (κ3) is 8.02. The zero-order valence-corrected chi connectivity index (χ0v) is 12.6. The Kier molecular flexibility index (Phi) is 9.55. The van der Waals surface area contributed by atoms with E-state index in [2.05, 4.69) is 68.0 Å². The van der Waals surface area contributed by atoms with Crippen molar-refractivity contribution in [2.45, 2.75) is 39.0 Å². The predicted octanol–water partition coefficient (Wildman–Crippen LogP) is 5.39. The van der Waals surface area contributed by atoms with Gasteiger partial charge in [-0.3, -0.25) is 0 Å². The van der Waals surface area contributed by atoms with Gasteiger partial charge in [0.15, 0.2) is 0 Å². The Morgan fingerprint density at radius 3 is 2.27 bits per heavy atom. The molecule has 0 heterocycles. The van der Waals surface area contributed by atoms with E-state index in [0.717, 1.165) is 0 Å². The first-order valence-corrected chi connectivity index (χ1v) is 6.83. The van der Waals surface area contributed by atoms with Crippen LogP contribution in [-0.4, -0.2) is 0 Å². The van der Waals surface area contributed by atoms with Gasteiger partial charge >= 0.3 is 0 Å². The third-order valence-corrected chi connectivity index (χ3v) is 5.44. The minimum absolute atomic E-state index is 1.24. The zero-order valence-electron chi connectivity index (χ0n) is 6.67. The average Bonchev–Trinajstić information content (AvgIpc) is 1.97. The Hall–Kier alpha value is 1.68. The summed E-state index contributed by atoms with van der Waals surface area (Å²) in [4.78, 5) is 0. The number of halogens is 3. The minimum Gasteiger partial charge on any atom is -0.0654 e. The lowest BCUT2D eigenvalue weighted by atomic mass is 10.2. The van der Waals surface area contributed by atoms with Crippen molar-refractivity contribution in [1.82, 2.24) is 0 Å². The molecule has 0 radical (unpaired) electrons. The van der Waals surface area contributed by atoms with E-state index in [1.54, 1.807) is 0 Å². The van der Waals surface area contributed by atoms with Gasteiger partial charge in [-0.05, 0) is 74.0 Å². The van der Waals surface area contributed by atoms with E-state index in [-0.39, 0.29) is 0 Å². The molecule has 66 valence electrons. The van der Waals surface area contributed by atoms with Crippen molar-refractivity contribution in [1.29, 1.82) is 0 Å². The maximum absolute atomic E-state index is 3.47. The van der Waals surface area contributed by atoms with Gasteiger partial charge in [0.05, 0.1) is 2.49 Å². The summed E-state index contributed by atoms with van der Waals surface area (Å²) in [6, 6.07) is 0. The maximum Gasteiger partial charge on any atom is 0.0651 e. The van der Waals surface area contributed by atoms with E-state index in [1.165, 1.54) is 38.2 Å². The monoisotopic (exact) mass is 442 g/mol. The molecule has 0 N–H and O–H groups in total. The van der Waals surface area contributed by atoms with Crippen LogP contribution in [0.4, 0.5) is 0 Å². The number of hydrogen-bond donors (Lipinski definition) is 0. The standard InChI is InChI=1S/C8H13BrI2/c1-2-3-4-5-6-7(10)8(9)11/h2-6H2,1H3/b8-7+. The summed E-state index contributed by atoms with van der Waals surface area (Å²) in [5, 5.41) is 0. The lowest BCUT2D eigenvalue weighted by molar-refractivity contribution is 0.673. The van der Waals surface area contributed by atoms with Gasteiger partial charge in [-0.15, -0.1) is 0 Å². The van der Waals surface area contributed by atoms with Crippen molar-refractivity contribution in [3.8, 4) is 0 Å². The summed E-state index contributed by atoms with van der Waals surface area (Å²) < 4.78 is 2.73. The molecule has 3 heteroatoms. The van der Waals surface area contributed by atoms with Crippen molar-refractivity contribution in [3.05, 3.63) is 6.07 Å². The van der Waals surface area contributed by atoms with E-state index in [9.17, 15) is 0 Å². The molecule has 0 fully saturated rings. The van der Waals surface area contributed by atoms with Gasteiger partial charge in [-0.2, -0.15) is 0 Å². The maximum atomic E-state index is 3.47. The molecule has 0 aromatic carbocycles. The van der Waals surface area contributed by atoms with Gasteiger partial charge < -0.3 is 0 Å². The van der Waals surface area contributed by atoms with Crippen molar-refractivity contribution >= 4 is 61.1 Å². The van der Waals surface area contributed by atoms with Crippen LogP contribution in [0.5, 0.6) is 0 Å². The SMILES string of the molecule is CCCCCC/C(I)=C(/Br)I. The van der Waals surface area contributed by atoms with Gasteiger partial charge in [0, 0.05) is 3.58 Å². The fraction of sp³-hybridized carbons (Fsp3) is 0.750. The van der Waals surface area contributed by atoms with E-state index < -0.39 is 0 Å². The Labute approximate surface area is 105 Å². The second-order valence-corrected chi connectivity index (χ2v) is 7.13. The first-order valence-electron chi connectivity index (χ1n) is 3.88. The molecule has 0 atom stereocenters. The number of allylic oxidation sites excluding steroid dienone is 1. The minimum atomic E-state index is 1.24. The molecule has 0 saturated carbocycles. The van der Waals surface area contributed by atoms with Crippen LogP contribution in [0.3, 0.4) is 0 Å². The van der Waals surface area contributed by atoms with Crippen LogP contribution in [0, 0.1) is 0 Å². The Bertz CT molecular complexity index is 128. The van der Waals surface area contributed by atoms with Crippen LogP contribution in [0.15, 0.2) is 6.07 Å². The smallest absolute Gasteiger partial charge is 0.0651 e. The number of hydrogen-bond acceptors (Lipinski definition) is 0. The van der Waals surface area contributed by atoms with E-state index >= 15 is 0 Å². The fourth-order valence-electron chi connectivity index (χ4n) is 0.801. The lowest BCUT2D eigenvalue weighted by Crippen LogP contribution is -1.77. The predicted molar refractivity (Wildman–Crippen MR) is 72.8 cm³/mol. The average molecular weight is 443 g/mol. The van der Waals surface area contributed by atoms with Crippen molar-refractivity contribution in [2.75, 3.05) is 0 Å². The molecule has 0 unspecified atom stereocenters. The van der Waals surface area contributed by atoms with Crippen LogP contribution < -0.4 is 0 Å². The Balaban J connectivity index is 3.32. The van der Waals surface area contributed by atoms with Crippen LogP contribution in [0.25, 0.3) is 0 Å². The first kappa shape index (κ1) is 12.7. The van der Waals surface area contributed by atoms with Crippen molar-refractivity contribution in [2.24, 2.45) is 0 Å². The van der Waals surface area contributed by atoms with Gasteiger partial charge in [-0.1, -0.05) is 26.2 Å². The van der Waals surface area contributed by atoms with Crippen molar-refractivity contribution in [3.63, 3.8) is 0 Å².